The number of nitrogens with one attached hydrogen (secondary N) is 2. The number of hydrogen-bond donors (Lipinski definition) is 3. The van der Waals surface area contributed by atoms with Crippen LogP contribution in [-0.4, -0.2) is 39.7 Å². The first-order valence-electron chi connectivity index (χ1n) is 7.28. The van der Waals surface area contributed by atoms with E-state index in [4.69, 9.17) is 11.6 Å². The third-order valence-electron chi connectivity index (χ3n) is 3.31. The molecule has 0 saturated heterocycles. The zero-order valence-electron chi connectivity index (χ0n) is 13.8. The minimum absolute atomic E-state index is 0.0724. The number of aromatic nitrogens is 1. The van der Waals surface area contributed by atoms with E-state index in [1.807, 2.05) is 13.8 Å². The van der Waals surface area contributed by atoms with Crippen LogP contribution in [0.3, 0.4) is 0 Å². The smallest absolute Gasteiger partial charge is 0.321 e. The zero-order valence-corrected chi connectivity index (χ0v) is 17.0. The Bertz CT molecular complexity index is 874. The number of halogens is 1. The Kier molecular flexibility index (Phi) is 6.38. The second-order valence-electron chi connectivity index (χ2n) is 4.99. The van der Waals surface area contributed by atoms with Crippen molar-refractivity contribution in [1.29, 1.82) is 0 Å². The van der Waals surface area contributed by atoms with Crippen LogP contribution in [0.4, 0.5) is 11.4 Å². The molecule has 25 heavy (non-hydrogen) atoms. The number of rotatable bonds is 8. The summed E-state index contributed by atoms with van der Waals surface area (Å²) >= 11 is 7.07. The molecule has 1 unspecified atom stereocenters. The Morgan fingerprint density at radius 3 is 2.44 bits per heavy atom. The molecule has 0 aliphatic heterocycles. The monoisotopic (exact) mass is 426 g/mol. The fraction of sp³-hybridized carbons (Fsp3) is 0.385. The number of aryl methyl sites for hydroxylation is 1. The molecule has 0 bridgehead atoms. The highest BCUT2D eigenvalue weighted by Crippen LogP contribution is 2.34. The first-order valence-corrected chi connectivity index (χ1v) is 11.1. The van der Waals surface area contributed by atoms with Crippen LogP contribution in [0.15, 0.2) is 22.7 Å². The summed E-state index contributed by atoms with van der Waals surface area (Å²) in [5, 5.41) is 12.1. The first kappa shape index (κ1) is 20.0. The minimum Gasteiger partial charge on any atom is -0.503 e. The molecular formula is C13H19ClN4O4S3. The number of hydrogen-bond acceptors (Lipinski definition) is 5. The number of aromatic hydroxyl groups is 1. The average molecular weight is 427 g/mol. The molecule has 8 nitrogen and oxygen atoms in total. The molecule has 1 atom stereocenters. The third-order valence-corrected chi connectivity index (χ3v) is 7.26. The van der Waals surface area contributed by atoms with E-state index in [1.165, 1.54) is 28.2 Å². The van der Waals surface area contributed by atoms with E-state index in [1.54, 1.807) is 16.7 Å². The maximum Gasteiger partial charge on any atom is 0.321 e. The van der Waals surface area contributed by atoms with Crippen LogP contribution in [0.25, 0.3) is 0 Å². The lowest BCUT2D eigenvalue weighted by atomic mass is 10.5. The summed E-state index contributed by atoms with van der Waals surface area (Å²) in [6.07, 6.45) is 1.36. The third kappa shape index (κ3) is 4.47. The minimum atomic E-state index is -4.03. The molecular weight excluding hydrogens is 408 g/mol. The summed E-state index contributed by atoms with van der Waals surface area (Å²) in [7, 11) is -4.06. The highest BCUT2D eigenvalue weighted by molar-refractivity contribution is 7.94. The fourth-order valence-electron chi connectivity index (χ4n) is 2.14. The van der Waals surface area contributed by atoms with E-state index in [0.29, 0.717) is 17.4 Å². The van der Waals surface area contributed by atoms with Crippen LogP contribution in [0.2, 0.25) is 4.34 Å². The van der Waals surface area contributed by atoms with Crippen molar-refractivity contribution in [2.75, 3.05) is 22.5 Å². The molecule has 3 N–H and O–H groups in total. The van der Waals surface area contributed by atoms with Crippen molar-refractivity contribution in [3.8, 4) is 5.75 Å². The van der Waals surface area contributed by atoms with Gasteiger partial charge >= 0.3 is 10.2 Å². The Labute approximate surface area is 158 Å². The molecule has 0 aliphatic rings. The van der Waals surface area contributed by atoms with Crippen LogP contribution in [0.1, 0.15) is 13.8 Å². The largest absolute Gasteiger partial charge is 0.503 e. The molecule has 2 rings (SSSR count). The quantitative estimate of drug-likeness (QED) is 0.603. The Morgan fingerprint density at radius 1 is 1.32 bits per heavy atom. The van der Waals surface area contributed by atoms with Crippen molar-refractivity contribution in [3.05, 3.63) is 22.0 Å². The van der Waals surface area contributed by atoms with Gasteiger partial charge in [-0.3, -0.25) is 9.44 Å². The molecule has 0 saturated carbocycles. The summed E-state index contributed by atoms with van der Waals surface area (Å²) in [6, 6.07) is 1.53. The van der Waals surface area contributed by atoms with Gasteiger partial charge in [-0.05, 0) is 11.4 Å². The summed E-state index contributed by atoms with van der Waals surface area (Å²) in [5.41, 5.74) is 0.165. The van der Waals surface area contributed by atoms with E-state index in [2.05, 4.69) is 9.44 Å². The van der Waals surface area contributed by atoms with Crippen molar-refractivity contribution in [2.24, 2.45) is 7.05 Å². The van der Waals surface area contributed by atoms with Gasteiger partial charge in [-0.15, -0.1) is 11.3 Å². The molecule has 0 radical (unpaired) electrons. The van der Waals surface area contributed by atoms with Gasteiger partial charge in [-0.2, -0.15) is 8.42 Å². The lowest BCUT2D eigenvalue weighted by Crippen LogP contribution is -2.26. The van der Waals surface area contributed by atoms with Crippen molar-refractivity contribution < 1.29 is 17.7 Å². The predicted molar refractivity (Wildman–Crippen MR) is 102 cm³/mol. The van der Waals surface area contributed by atoms with E-state index in [9.17, 15) is 17.7 Å². The molecule has 12 heteroatoms. The Morgan fingerprint density at radius 2 is 1.92 bits per heavy atom. The van der Waals surface area contributed by atoms with Gasteiger partial charge in [-0.25, -0.2) is 8.51 Å². The van der Waals surface area contributed by atoms with Crippen LogP contribution in [0, 0.1) is 0 Å². The second kappa shape index (κ2) is 7.96. The van der Waals surface area contributed by atoms with Crippen molar-refractivity contribution >= 4 is 55.5 Å². The lowest BCUT2D eigenvalue weighted by Gasteiger charge is -2.17. The van der Waals surface area contributed by atoms with Gasteiger partial charge in [0.15, 0.2) is 10.8 Å². The van der Waals surface area contributed by atoms with Crippen LogP contribution in [0.5, 0.6) is 5.75 Å². The molecule has 0 aromatic carbocycles. The summed E-state index contributed by atoms with van der Waals surface area (Å²) < 4.78 is 44.9. The highest BCUT2D eigenvalue weighted by atomic mass is 35.5. The standard InChI is InChI=1S/C13H19ClN4O4S3/c1-4-18(5-2)24(20)13-11(19)10(8-17(13)3)16-25(21,22)15-9-6-7-23-12(9)14/h6-8,15-16,19H,4-5H2,1-3H3. The Hall–Kier alpha value is -1.27. The highest BCUT2D eigenvalue weighted by Gasteiger charge is 2.25. The normalized spacial score (nSPS) is 13.2. The predicted octanol–water partition coefficient (Wildman–Crippen LogP) is 2.58. The van der Waals surface area contributed by atoms with Crippen molar-refractivity contribution in [2.45, 2.75) is 18.9 Å². The summed E-state index contributed by atoms with van der Waals surface area (Å²) in [6.45, 7) is 4.74. The number of anilines is 2. The molecule has 2 aromatic rings. The maximum atomic E-state index is 12.6. The van der Waals surface area contributed by atoms with E-state index in [-0.39, 0.29) is 22.2 Å². The van der Waals surface area contributed by atoms with Gasteiger partial charge in [0.1, 0.15) is 21.0 Å². The van der Waals surface area contributed by atoms with Gasteiger partial charge < -0.3 is 9.67 Å². The van der Waals surface area contributed by atoms with Gasteiger partial charge in [0.2, 0.25) is 0 Å². The van der Waals surface area contributed by atoms with Gasteiger partial charge in [-0.1, -0.05) is 25.4 Å². The first-order chi connectivity index (χ1) is 11.7. The molecule has 0 aliphatic carbocycles. The molecule has 2 aromatic heterocycles. The second-order valence-corrected chi connectivity index (χ2v) is 9.32. The lowest BCUT2D eigenvalue weighted by molar-refractivity contribution is 0.445. The SMILES string of the molecule is CCN(CC)S(=O)c1c(O)c(NS(=O)(=O)Nc2ccsc2Cl)cn1C. The van der Waals surface area contributed by atoms with Crippen LogP contribution < -0.4 is 9.44 Å². The van der Waals surface area contributed by atoms with Gasteiger partial charge in [0.25, 0.3) is 0 Å². The van der Waals surface area contributed by atoms with E-state index >= 15 is 0 Å². The van der Waals surface area contributed by atoms with Crippen molar-refractivity contribution in [1.82, 2.24) is 8.87 Å². The number of thiophene rings is 1. The molecule has 140 valence electrons. The average Bonchev–Trinajstić information content (AvgIpc) is 3.03. The summed E-state index contributed by atoms with van der Waals surface area (Å²) in [4.78, 5) is 0. The maximum absolute atomic E-state index is 12.6. The van der Waals surface area contributed by atoms with Crippen LogP contribution >= 0.6 is 22.9 Å². The van der Waals surface area contributed by atoms with Gasteiger partial charge in [0, 0.05) is 26.3 Å². The zero-order chi connectivity index (χ0) is 18.8. The van der Waals surface area contributed by atoms with Gasteiger partial charge in [0.05, 0.1) is 5.69 Å². The molecule has 0 amide bonds. The van der Waals surface area contributed by atoms with Crippen molar-refractivity contribution in [3.63, 3.8) is 0 Å². The number of nitrogens with zero attached hydrogens (tertiary/aromatic N) is 2. The summed E-state index contributed by atoms with van der Waals surface area (Å²) in [5.74, 6) is -0.380. The molecule has 2 heterocycles. The van der Waals surface area contributed by atoms with Crippen LogP contribution in [-0.2, 0) is 28.2 Å². The van der Waals surface area contributed by atoms with E-state index < -0.39 is 21.2 Å². The van der Waals surface area contributed by atoms with E-state index in [0.717, 1.165) is 0 Å². The molecule has 0 fully saturated rings. The topological polar surface area (TPSA) is 104 Å². The fourth-order valence-corrected chi connectivity index (χ4v) is 5.33. The molecule has 0 spiro atoms. The Balaban J connectivity index is 2.28.